The highest BCUT2D eigenvalue weighted by Gasteiger charge is 2.23. The molecular weight excluding hydrogens is 464 g/mol. The molecule has 33 heavy (non-hydrogen) atoms. The van der Waals surface area contributed by atoms with Gasteiger partial charge in [0.15, 0.2) is 0 Å². The molecule has 0 unspecified atom stereocenters. The minimum Gasteiger partial charge on any atom is -0.341 e. The molecule has 2 amide bonds. The smallest absolute Gasteiger partial charge is 0.318 e. The van der Waals surface area contributed by atoms with E-state index in [0.29, 0.717) is 11.3 Å². The number of sulfonamides is 1. The summed E-state index contributed by atoms with van der Waals surface area (Å²) in [5, 5.41) is 5.20. The number of pyridine rings is 1. The summed E-state index contributed by atoms with van der Waals surface area (Å²) in [6.45, 7) is 5.42. The topological polar surface area (TPSA) is 117 Å². The minimum atomic E-state index is -4.01. The Morgan fingerprint density at radius 1 is 0.939 bits per heavy atom. The molecule has 0 saturated heterocycles. The predicted molar refractivity (Wildman–Crippen MR) is 129 cm³/mol. The number of halogens is 1. The number of hydrogen-bond donors (Lipinski definition) is 3. The minimum absolute atomic E-state index is 0.0465. The monoisotopic (exact) mass is 486 g/mol. The van der Waals surface area contributed by atoms with Gasteiger partial charge in [0, 0.05) is 24.5 Å². The fourth-order valence-corrected chi connectivity index (χ4v) is 4.35. The van der Waals surface area contributed by atoms with Crippen molar-refractivity contribution in [1.29, 1.82) is 0 Å². The van der Waals surface area contributed by atoms with Crippen molar-refractivity contribution in [3.05, 3.63) is 81.6 Å². The summed E-state index contributed by atoms with van der Waals surface area (Å²) in [6.07, 6.45) is 1.27. The largest absolute Gasteiger partial charge is 0.341 e. The Hall–Kier alpha value is -3.43. The number of nitrogens with one attached hydrogen (secondary N) is 3. The van der Waals surface area contributed by atoms with Crippen LogP contribution in [0.15, 0.2) is 53.6 Å². The molecule has 0 aliphatic rings. The molecule has 0 atom stereocenters. The first-order valence-electron chi connectivity index (χ1n) is 9.91. The number of rotatable bonds is 6. The number of amides is 2. The Kier molecular flexibility index (Phi) is 7.04. The van der Waals surface area contributed by atoms with Crippen LogP contribution in [0.1, 0.15) is 32.7 Å². The van der Waals surface area contributed by atoms with Crippen molar-refractivity contribution >= 4 is 44.8 Å². The third-order valence-corrected chi connectivity index (χ3v) is 6.64. The molecule has 8 nitrogen and oxygen atoms in total. The highest BCUT2D eigenvalue weighted by Crippen LogP contribution is 2.27. The lowest BCUT2D eigenvalue weighted by Crippen LogP contribution is -2.24. The van der Waals surface area contributed by atoms with Crippen LogP contribution in [0, 0.1) is 20.8 Å². The number of aromatic nitrogens is 1. The van der Waals surface area contributed by atoms with E-state index < -0.39 is 21.8 Å². The molecule has 1 aromatic heterocycles. The number of ketones is 1. The summed E-state index contributed by atoms with van der Waals surface area (Å²) in [7, 11) is -2.54. The van der Waals surface area contributed by atoms with E-state index in [1.165, 1.54) is 31.4 Å². The predicted octanol–water partition coefficient (Wildman–Crippen LogP) is 4.44. The van der Waals surface area contributed by atoms with Gasteiger partial charge in [0.25, 0.3) is 10.0 Å². The zero-order valence-electron chi connectivity index (χ0n) is 18.5. The normalized spacial score (nSPS) is 11.1. The van der Waals surface area contributed by atoms with Crippen LogP contribution in [-0.4, -0.2) is 32.3 Å². The summed E-state index contributed by atoms with van der Waals surface area (Å²) in [5.74, 6) is -0.525. The molecule has 3 rings (SSSR count). The SMILES string of the molecule is CNC(=O)Nc1ccc(C)c(C(=O)c2ncc(Cl)cc2NS(=O)(=O)c2ccc(C)c(C)c2)c1. The summed E-state index contributed by atoms with van der Waals surface area (Å²) >= 11 is 6.06. The number of benzene rings is 2. The standard InChI is InChI=1S/C23H23ClN4O4S/c1-13-6-8-18(9-15(13)3)33(31,32)28-20-10-16(24)12-26-21(20)22(29)19-11-17(7-5-14(19)2)27-23(30)25-4/h5-12,28H,1-4H3,(H2,25,27,30). The Morgan fingerprint density at radius 3 is 2.30 bits per heavy atom. The maximum Gasteiger partial charge on any atom is 0.318 e. The van der Waals surface area contributed by atoms with Gasteiger partial charge in [-0.15, -0.1) is 0 Å². The zero-order chi connectivity index (χ0) is 24.3. The van der Waals surface area contributed by atoms with Gasteiger partial charge in [0.05, 0.1) is 15.6 Å². The maximum absolute atomic E-state index is 13.4. The van der Waals surface area contributed by atoms with E-state index in [1.54, 1.807) is 31.2 Å². The van der Waals surface area contributed by atoms with Gasteiger partial charge < -0.3 is 10.6 Å². The molecule has 172 valence electrons. The Balaban J connectivity index is 2.02. The summed E-state index contributed by atoms with van der Waals surface area (Å²) < 4.78 is 28.5. The molecule has 0 fully saturated rings. The number of nitrogens with zero attached hydrogens (tertiary/aromatic N) is 1. The third-order valence-electron chi connectivity index (χ3n) is 5.07. The molecule has 1 heterocycles. The van der Waals surface area contributed by atoms with Crippen molar-refractivity contribution in [1.82, 2.24) is 10.3 Å². The quantitative estimate of drug-likeness (QED) is 0.445. The Labute approximate surface area is 197 Å². The highest BCUT2D eigenvalue weighted by molar-refractivity contribution is 7.92. The molecular formula is C23H23ClN4O4S. The van der Waals surface area contributed by atoms with Crippen molar-refractivity contribution in [3.63, 3.8) is 0 Å². The fourth-order valence-electron chi connectivity index (χ4n) is 3.05. The van der Waals surface area contributed by atoms with Crippen molar-refractivity contribution in [3.8, 4) is 0 Å². The molecule has 0 saturated carbocycles. The van der Waals surface area contributed by atoms with Gasteiger partial charge in [0.2, 0.25) is 5.78 Å². The fraction of sp³-hybridized carbons (Fsp3) is 0.174. The van der Waals surface area contributed by atoms with Crippen molar-refractivity contribution < 1.29 is 18.0 Å². The average molecular weight is 487 g/mol. The molecule has 0 aliphatic heterocycles. The number of aryl methyl sites for hydroxylation is 3. The average Bonchev–Trinajstić information content (AvgIpc) is 2.76. The van der Waals surface area contributed by atoms with E-state index in [9.17, 15) is 18.0 Å². The second-order valence-corrected chi connectivity index (χ2v) is 9.58. The van der Waals surface area contributed by atoms with Crippen LogP contribution in [0.3, 0.4) is 0 Å². The number of hydrogen-bond acceptors (Lipinski definition) is 5. The number of anilines is 2. The van der Waals surface area contributed by atoms with E-state index >= 15 is 0 Å². The number of urea groups is 1. The van der Waals surface area contributed by atoms with Crippen LogP contribution >= 0.6 is 11.6 Å². The van der Waals surface area contributed by atoms with Gasteiger partial charge in [0.1, 0.15) is 5.69 Å². The van der Waals surface area contributed by atoms with E-state index in [-0.39, 0.29) is 26.9 Å². The molecule has 10 heteroatoms. The van der Waals surface area contributed by atoms with Crippen LogP contribution < -0.4 is 15.4 Å². The first-order chi connectivity index (χ1) is 15.5. The Bertz CT molecular complexity index is 1360. The third kappa shape index (κ3) is 5.50. The van der Waals surface area contributed by atoms with Crippen molar-refractivity contribution in [2.75, 3.05) is 17.1 Å². The van der Waals surface area contributed by atoms with Crippen molar-refractivity contribution in [2.24, 2.45) is 0 Å². The zero-order valence-corrected chi connectivity index (χ0v) is 20.1. The molecule has 0 bridgehead atoms. The van der Waals surface area contributed by atoms with Gasteiger partial charge >= 0.3 is 6.03 Å². The second kappa shape index (κ2) is 9.60. The first kappa shape index (κ1) is 24.2. The molecule has 2 aromatic carbocycles. The summed E-state index contributed by atoms with van der Waals surface area (Å²) in [4.78, 5) is 29.2. The van der Waals surface area contributed by atoms with E-state index in [2.05, 4.69) is 20.3 Å². The van der Waals surface area contributed by atoms with Crippen LogP contribution in [0.4, 0.5) is 16.2 Å². The summed E-state index contributed by atoms with van der Waals surface area (Å²) in [5.41, 5.74) is 2.88. The molecule has 0 radical (unpaired) electrons. The van der Waals surface area contributed by atoms with Gasteiger partial charge in [-0.1, -0.05) is 23.7 Å². The molecule has 3 aromatic rings. The Morgan fingerprint density at radius 2 is 1.64 bits per heavy atom. The molecule has 0 aliphatic carbocycles. The van der Waals surface area contributed by atoms with Gasteiger partial charge in [-0.3, -0.25) is 9.52 Å². The highest BCUT2D eigenvalue weighted by atomic mass is 35.5. The van der Waals surface area contributed by atoms with Gasteiger partial charge in [-0.2, -0.15) is 0 Å². The second-order valence-electron chi connectivity index (χ2n) is 7.46. The lowest BCUT2D eigenvalue weighted by Gasteiger charge is -2.14. The van der Waals surface area contributed by atoms with Gasteiger partial charge in [-0.05, 0) is 67.8 Å². The van der Waals surface area contributed by atoms with Gasteiger partial charge in [-0.25, -0.2) is 18.2 Å². The van der Waals surface area contributed by atoms with Crippen molar-refractivity contribution in [2.45, 2.75) is 25.7 Å². The van der Waals surface area contributed by atoms with Crippen LogP contribution in [-0.2, 0) is 10.0 Å². The molecule has 0 spiro atoms. The first-order valence-corrected chi connectivity index (χ1v) is 11.8. The van der Waals surface area contributed by atoms with E-state index in [0.717, 1.165) is 11.1 Å². The van der Waals surface area contributed by atoms with E-state index in [4.69, 9.17) is 11.6 Å². The van der Waals surface area contributed by atoms with E-state index in [1.807, 2.05) is 13.8 Å². The summed E-state index contributed by atoms with van der Waals surface area (Å²) in [6, 6.07) is 10.5. The van der Waals surface area contributed by atoms with Crippen LogP contribution in [0.25, 0.3) is 0 Å². The van der Waals surface area contributed by atoms with Crippen LogP contribution in [0.5, 0.6) is 0 Å². The number of carbonyl (C=O) groups excluding carboxylic acids is 2. The van der Waals surface area contributed by atoms with Crippen LogP contribution in [0.2, 0.25) is 5.02 Å². The molecule has 3 N–H and O–H groups in total. The lowest BCUT2D eigenvalue weighted by atomic mass is 10.0. The maximum atomic E-state index is 13.4. The number of carbonyl (C=O) groups is 2. The lowest BCUT2D eigenvalue weighted by molar-refractivity contribution is 0.103.